The second kappa shape index (κ2) is 7.30. The van der Waals surface area contributed by atoms with Crippen LogP contribution in [-0.4, -0.2) is 25.1 Å². The van der Waals surface area contributed by atoms with E-state index in [1.54, 1.807) is 0 Å². The van der Waals surface area contributed by atoms with Gasteiger partial charge in [-0.3, -0.25) is 4.79 Å². The summed E-state index contributed by atoms with van der Waals surface area (Å²) in [6.07, 6.45) is -1.26. The largest absolute Gasteiger partial charge is 0.504 e. The van der Waals surface area contributed by atoms with Crippen molar-refractivity contribution >= 4 is 22.8 Å². The fourth-order valence-corrected chi connectivity index (χ4v) is 2.91. The summed E-state index contributed by atoms with van der Waals surface area (Å²) in [6, 6.07) is 6.37. The number of hydrogen-bond acceptors (Lipinski definition) is 5. The summed E-state index contributed by atoms with van der Waals surface area (Å²) < 4.78 is 54.9. The second-order valence-corrected chi connectivity index (χ2v) is 5.74. The number of ketones is 1. The van der Waals surface area contributed by atoms with Gasteiger partial charge >= 0.3 is 6.18 Å². The summed E-state index contributed by atoms with van der Waals surface area (Å²) in [5.74, 6) is -1.33. The Hall–Kier alpha value is -3.42. The molecule has 1 aromatic heterocycles. The number of fused-ring (bicyclic) bond motifs is 1. The Morgan fingerprint density at radius 2 is 1.79 bits per heavy atom. The van der Waals surface area contributed by atoms with Gasteiger partial charge in [-0.25, -0.2) is 0 Å². The van der Waals surface area contributed by atoms with Crippen molar-refractivity contribution < 1.29 is 37.0 Å². The average molecular weight is 392 g/mol. The Morgan fingerprint density at radius 1 is 1.11 bits per heavy atom. The summed E-state index contributed by atoms with van der Waals surface area (Å²) >= 11 is 0. The first-order valence-corrected chi connectivity index (χ1v) is 8.02. The van der Waals surface area contributed by atoms with Gasteiger partial charge in [-0.15, -0.1) is 0 Å². The van der Waals surface area contributed by atoms with E-state index in [4.69, 9.17) is 13.9 Å². The van der Waals surface area contributed by atoms with Gasteiger partial charge in [0.15, 0.2) is 17.1 Å². The van der Waals surface area contributed by atoms with Gasteiger partial charge in [-0.1, -0.05) is 24.3 Å². The van der Waals surface area contributed by atoms with Gasteiger partial charge in [0.25, 0.3) is 0 Å². The van der Waals surface area contributed by atoms with Gasteiger partial charge in [0.05, 0.1) is 31.4 Å². The monoisotopic (exact) mass is 392 g/mol. The number of phenols is 1. The standard InChI is InChI=1S/C20H15F3O5/c1-26-17-12-9-10-28-18(12)19(27-2)16(25)15(17)14(24)8-7-11-5-3-4-6-13(11)20(21,22)23/h3-10,25H,1-2H3/b8-7+. The summed E-state index contributed by atoms with van der Waals surface area (Å²) in [4.78, 5) is 12.7. The first kappa shape index (κ1) is 19.3. The topological polar surface area (TPSA) is 68.9 Å². The van der Waals surface area contributed by atoms with Crippen LogP contribution in [0.5, 0.6) is 17.2 Å². The Kier molecular flexibility index (Phi) is 5.04. The molecule has 0 aliphatic rings. The Labute approximate surface area is 157 Å². The quantitative estimate of drug-likeness (QED) is 0.485. The molecule has 0 bridgehead atoms. The Morgan fingerprint density at radius 3 is 2.43 bits per heavy atom. The van der Waals surface area contributed by atoms with Gasteiger partial charge in [0.1, 0.15) is 11.3 Å². The molecule has 28 heavy (non-hydrogen) atoms. The van der Waals surface area contributed by atoms with Crippen molar-refractivity contribution in [1.29, 1.82) is 0 Å². The molecule has 0 amide bonds. The summed E-state index contributed by atoms with van der Waals surface area (Å²) in [6.45, 7) is 0. The smallest absolute Gasteiger partial charge is 0.416 e. The Bertz CT molecular complexity index is 1060. The van der Waals surface area contributed by atoms with Gasteiger partial charge < -0.3 is 19.0 Å². The van der Waals surface area contributed by atoms with Crippen molar-refractivity contribution in [2.24, 2.45) is 0 Å². The summed E-state index contributed by atoms with van der Waals surface area (Å²) in [5, 5.41) is 10.8. The van der Waals surface area contributed by atoms with E-state index >= 15 is 0 Å². The van der Waals surface area contributed by atoms with E-state index in [0.717, 1.165) is 18.2 Å². The van der Waals surface area contributed by atoms with Crippen molar-refractivity contribution in [2.75, 3.05) is 14.2 Å². The number of furan rings is 1. The molecule has 1 N–H and O–H groups in total. The molecule has 0 atom stereocenters. The van der Waals surface area contributed by atoms with Gasteiger partial charge in [-0.05, 0) is 23.8 Å². The molecule has 3 aromatic rings. The number of rotatable bonds is 5. The number of alkyl halides is 3. The van der Waals surface area contributed by atoms with Crippen LogP contribution in [0.25, 0.3) is 17.0 Å². The molecule has 0 saturated carbocycles. The molecule has 0 unspecified atom stereocenters. The van der Waals surface area contributed by atoms with E-state index in [1.165, 1.54) is 44.7 Å². The van der Waals surface area contributed by atoms with Crippen molar-refractivity contribution in [3.8, 4) is 17.2 Å². The van der Waals surface area contributed by atoms with Crippen molar-refractivity contribution in [3.63, 3.8) is 0 Å². The van der Waals surface area contributed by atoms with E-state index in [1.807, 2.05) is 0 Å². The molecular formula is C20H15F3O5. The normalized spacial score (nSPS) is 11.9. The highest BCUT2D eigenvalue weighted by molar-refractivity contribution is 6.15. The van der Waals surface area contributed by atoms with Crippen LogP contribution < -0.4 is 9.47 Å². The maximum absolute atomic E-state index is 13.1. The number of ether oxygens (including phenoxy) is 2. The fraction of sp³-hybridized carbons (Fsp3) is 0.150. The zero-order valence-electron chi connectivity index (χ0n) is 14.8. The molecule has 5 nitrogen and oxygen atoms in total. The molecule has 146 valence electrons. The molecule has 0 fully saturated rings. The molecule has 1 heterocycles. The van der Waals surface area contributed by atoms with Crippen molar-refractivity contribution in [2.45, 2.75) is 6.18 Å². The third-order valence-corrected chi connectivity index (χ3v) is 4.13. The molecule has 8 heteroatoms. The molecule has 0 saturated heterocycles. The lowest BCUT2D eigenvalue weighted by Gasteiger charge is -2.13. The number of methoxy groups -OCH3 is 2. The lowest BCUT2D eigenvalue weighted by atomic mass is 10.0. The minimum atomic E-state index is -4.57. The number of carbonyl (C=O) groups is 1. The number of hydrogen-bond donors (Lipinski definition) is 1. The first-order valence-electron chi connectivity index (χ1n) is 8.02. The van der Waals surface area contributed by atoms with Crippen molar-refractivity contribution in [1.82, 2.24) is 0 Å². The van der Waals surface area contributed by atoms with Crippen molar-refractivity contribution in [3.05, 3.63) is 59.4 Å². The van der Waals surface area contributed by atoms with Gasteiger partial charge in [0.2, 0.25) is 5.75 Å². The summed E-state index contributed by atoms with van der Waals surface area (Å²) in [7, 11) is 2.58. The lowest BCUT2D eigenvalue weighted by Crippen LogP contribution is -2.07. The van der Waals surface area contributed by atoms with E-state index in [9.17, 15) is 23.1 Å². The number of carbonyl (C=O) groups excluding carboxylic acids is 1. The van der Waals surface area contributed by atoms with E-state index < -0.39 is 23.3 Å². The predicted octanol–water partition coefficient (Wildman–Crippen LogP) is 5.07. The number of phenolic OH excluding ortho intramolecular Hbond substituents is 1. The van der Waals surface area contributed by atoms with Crippen LogP contribution in [0, 0.1) is 0 Å². The van der Waals surface area contributed by atoms with Crippen LogP contribution in [0.15, 0.2) is 47.1 Å². The summed E-state index contributed by atoms with van der Waals surface area (Å²) in [5.41, 5.74) is -1.12. The number of halogens is 3. The second-order valence-electron chi connectivity index (χ2n) is 5.74. The molecule has 0 aliphatic carbocycles. The number of benzene rings is 2. The molecule has 0 aliphatic heterocycles. The molecule has 0 spiro atoms. The minimum Gasteiger partial charge on any atom is -0.504 e. The third kappa shape index (κ3) is 3.28. The number of aromatic hydroxyl groups is 1. The minimum absolute atomic E-state index is 0.0285. The van der Waals surface area contributed by atoms with Crippen LogP contribution >= 0.6 is 0 Å². The van der Waals surface area contributed by atoms with Crippen LogP contribution in [0.3, 0.4) is 0 Å². The lowest BCUT2D eigenvalue weighted by molar-refractivity contribution is -0.137. The maximum Gasteiger partial charge on any atom is 0.416 e. The Balaban J connectivity index is 2.11. The van der Waals surface area contributed by atoms with E-state index in [-0.39, 0.29) is 28.2 Å². The highest BCUT2D eigenvalue weighted by Gasteiger charge is 2.32. The van der Waals surface area contributed by atoms with Crippen LogP contribution in [0.1, 0.15) is 21.5 Å². The van der Waals surface area contributed by atoms with Gasteiger partial charge in [-0.2, -0.15) is 13.2 Å². The molecule has 3 rings (SSSR count). The highest BCUT2D eigenvalue weighted by Crippen LogP contribution is 2.46. The SMILES string of the molecule is COc1c(C(=O)/C=C/c2ccccc2C(F)(F)F)c(O)c(OC)c2occc12. The predicted molar refractivity (Wildman–Crippen MR) is 95.8 cm³/mol. The molecular weight excluding hydrogens is 377 g/mol. The van der Waals surface area contributed by atoms with Crippen LogP contribution in [0.4, 0.5) is 13.2 Å². The molecule has 2 aromatic carbocycles. The first-order chi connectivity index (χ1) is 13.3. The maximum atomic E-state index is 13.1. The third-order valence-electron chi connectivity index (χ3n) is 4.13. The zero-order chi connectivity index (χ0) is 20.5. The zero-order valence-corrected chi connectivity index (χ0v) is 14.8. The van der Waals surface area contributed by atoms with E-state index in [0.29, 0.717) is 5.39 Å². The van der Waals surface area contributed by atoms with Gasteiger partial charge in [0, 0.05) is 0 Å². The van der Waals surface area contributed by atoms with Crippen LogP contribution in [-0.2, 0) is 6.18 Å². The highest BCUT2D eigenvalue weighted by atomic mass is 19.4. The van der Waals surface area contributed by atoms with E-state index in [2.05, 4.69) is 0 Å². The fourth-order valence-electron chi connectivity index (χ4n) is 2.91. The number of allylic oxidation sites excluding steroid dienone is 1. The molecule has 0 radical (unpaired) electrons. The average Bonchev–Trinajstić information content (AvgIpc) is 3.13. The van der Waals surface area contributed by atoms with Crippen LogP contribution in [0.2, 0.25) is 0 Å².